The second kappa shape index (κ2) is 6.89. The first-order valence-electron chi connectivity index (χ1n) is 9.56. The molecule has 1 aromatic heterocycles. The third-order valence-electron chi connectivity index (χ3n) is 5.57. The smallest absolute Gasteiger partial charge is 0.261 e. The molecule has 1 N–H and O–H groups in total. The van der Waals surface area contributed by atoms with Gasteiger partial charge in [-0.15, -0.1) is 0 Å². The molecule has 0 spiro atoms. The van der Waals surface area contributed by atoms with Crippen molar-refractivity contribution in [1.29, 1.82) is 0 Å². The minimum atomic E-state index is -0.354. The first-order valence-corrected chi connectivity index (χ1v) is 10.4. The number of anilines is 1. The van der Waals surface area contributed by atoms with Crippen molar-refractivity contribution in [1.82, 2.24) is 4.57 Å². The van der Waals surface area contributed by atoms with Crippen LogP contribution in [0.25, 0.3) is 10.9 Å². The Kier molecular flexibility index (Phi) is 4.66. The lowest BCUT2D eigenvalue weighted by Gasteiger charge is -2.17. The van der Waals surface area contributed by atoms with Gasteiger partial charge in [-0.2, -0.15) is 0 Å². The van der Waals surface area contributed by atoms with Crippen LogP contribution in [0.5, 0.6) is 0 Å². The molecule has 0 aliphatic carbocycles. The summed E-state index contributed by atoms with van der Waals surface area (Å²) >= 11 is 3.50. The number of rotatable bonds is 3. The van der Waals surface area contributed by atoms with E-state index in [2.05, 4.69) is 52.7 Å². The van der Waals surface area contributed by atoms with Gasteiger partial charge in [0.25, 0.3) is 5.91 Å². The molecule has 0 fully saturated rings. The molecule has 5 heteroatoms. The molecule has 4 nitrogen and oxygen atoms in total. The lowest BCUT2D eigenvalue weighted by Crippen LogP contribution is -2.24. The maximum atomic E-state index is 13.2. The van der Waals surface area contributed by atoms with Crippen LogP contribution < -0.4 is 10.7 Å². The van der Waals surface area contributed by atoms with Crippen molar-refractivity contribution in [3.8, 4) is 0 Å². The van der Waals surface area contributed by atoms with Crippen molar-refractivity contribution in [2.45, 2.75) is 46.1 Å². The summed E-state index contributed by atoms with van der Waals surface area (Å²) in [5, 5.41) is 3.61. The number of benzene rings is 2. The van der Waals surface area contributed by atoms with Gasteiger partial charge < -0.3 is 9.88 Å². The summed E-state index contributed by atoms with van der Waals surface area (Å²) in [7, 11) is 0. The van der Waals surface area contributed by atoms with Gasteiger partial charge in [0.2, 0.25) is 5.43 Å². The summed E-state index contributed by atoms with van der Waals surface area (Å²) in [6.45, 7) is 8.27. The summed E-state index contributed by atoms with van der Waals surface area (Å²) in [6, 6.07) is 10.1. The highest BCUT2D eigenvalue weighted by Crippen LogP contribution is 2.34. The van der Waals surface area contributed by atoms with Gasteiger partial charge in [-0.1, -0.05) is 48.0 Å². The molecule has 0 bridgehead atoms. The van der Waals surface area contributed by atoms with Crippen LogP contribution in [0.15, 0.2) is 45.8 Å². The molecule has 144 valence electrons. The number of para-hydroxylation sites is 1. The highest BCUT2D eigenvalue weighted by Gasteiger charge is 2.25. The van der Waals surface area contributed by atoms with Crippen LogP contribution in [0.1, 0.15) is 59.8 Å². The molecule has 0 saturated heterocycles. The van der Waals surface area contributed by atoms with Gasteiger partial charge in [0, 0.05) is 27.8 Å². The number of carbonyl (C=O) groups is 1. The molecular formula is C23H23BrN2O2. The van der Waals surface area contributed by atoms with Gasteiger partial charge in [0.05, 0.1) is 5.52 Å². The van der Waals surface area contributed by atoms with Crippen LogP contribution >= 0.6 is 15.9 Å². The van der Waals surface area contributed by atoms with E-state index in [-0.39, 0.29) is 28.9 Å². The van der Waals surface area contributed by atoms with Crippen LogP contribution in [0.2, 0.25) is 0 Å². The Labute approximate surface area is 172 Å². The SMILES string of the molecule is Cc1cccc(C(C)C)c1NC(=O)c1cn2c3c(cc(Br)cc3c1=O)C[C@H]2C. The molecule has 4 rings (SSSR count). The van der Waals surface area contributed by atoms with Crippen LogP contribution in [-0.4, -0.2) is 10.5 Å². The molecule has 2 aromatic carbocycles. The minimum Gasteiger partial charge on any atom is -0.343 e. The minimum absolute atomic E-state index is 0.184. The normalized spacial score (nSPS) is 15.4. The molecular weight excluding hydrogens is 416 g/mol. The van der Waals surface area contributed by atoms with E-state index in [9.17, 15) is 9.59 Å². The number of aryl methyl sites for hydroxylation is 1. The maximum Gasteiger partial charge on any atom is 0.261 e. The van der Waals surface area contributed by atoms with Gasteiger partial charge in [-0.05, 0) is 55.0 Å². The average Bonchev–Trinajstić information content (AvgIpc) is 2.94. The number of nitrogens with zero attached hydrogens (tertiary/aromatic N) is 1. The number of pyridine rings is 1. The Bertz CT molecular complexity index is 1180. The molecule has 1 atom stereocenters. The fourth-order valence-electron chi connectivity index (χ4n) is 4.15. The Balaban J connectivity index is 1.85. The number of amides is 1. The van der Waals surface area contributed by atoms with E-state index in [4.69, 9.17) is 0 Å². The van der Waals surface area contributed by atoms with Crippen molar-refractivity contribution in [3.05, 3.63) is 73.5 Å². The van der Waals surface area contributed by atoms with Crippen LogP contribution in [0.3, 0.4) is 0 Å². The Morgan fingerprint density at radius 2 is 2.04 bits per heavy atom. The average molecular weight is 439 g/mol. The quantitative estimate of drug-likeness (QED) is 0.581. The van der Waals surface area contributed by atoms with Crippen molar-refractivity contribution in [3.63, 3.8) is 0 Å². The number of nitrogens with one attached hydrogen (secondary N) is 1. The molecule has 28 heavy (non-hydrogen) atoms. The topological polar surface area (TPSA) is 51.1 Å². The van der Waals surface area contributed by atoms with Crippen molar-refractivity contribution in [2.24, 2.45) is 0 Å². The zero-order chi connectivity index (χ0) is 20.2. The van der Waals surface area contributed by atoms with Crippen LogP contribution in [0.4, 0.5) is 5.69 Å². The zero-order valence-corrected chi connectivity index (χ0v) is 18.1. The van der Waals surface area contributed by atoms with E-state index in [1.54, 1.807) is 6.20 Å². The Hall–Kier alpha value is -2.40. The highest BCUT2D eigenvalue weighted by molar-refractivity contribution is 9.10. The molecule has 0 unspecified atom stereocenters. The standard InChI is InChI=1S/C23H23BrN2O2/c1-12(2)17-7-5-6-13(3)20(17)25-23(28)19-11-26-14(4)8-15-9-16(24)10-18(21(15)26)22(19)27/h5-7,9-12,14H,8H2,1-4H3,(H,25,28)/t14-/m1/s1. The first-order chi connectivity index (χ1) is 13.3. The number of hydrogen-bond acceptors (Lipinski definition) is 2. The number of halogens is 1. The van der Waals surface area contributed by atoms with Gasteiger partial charge in [-0.3, -0.25) is 9.59 Å². The van der Waals surface area contributed by atoms with Crippen molar-refractivity contribution >= 4 is 38.4 Å². The predicted molar refractivity (Wildman–Crippen MR) is 118 cm³/mol. The van der Waals surface area contributed by atoms with E-state index in [0.717, 1.165) is 38.8 Å². The van der Waals surface area contributed by atoms with Gasteiger partial charge in [-0.25, -0.2) is 0 Å². The Morgan fingerprint density at radius 3 is 2.75 bits per heavy atom. The molecule has 1 aliphatic rings. The maximum absolute atomic E-state index is 13.2. The lowest BCUT2D eigenvalue weighted by atomic mass is 9.98. The van der Waals surface area contributed by atoms with E-state index in [0.29, 0.717) is 5.39 Å². The number of aromatic nitrogens is 1. The molecule has 1 aliphatic heterocycles. The summed E-state index contributed by atoms with van der Waals surface area (Å²) in [5.74, 6) is -0.0865. The van der Waals surface area contributed by atoms with Gasteiger partial charge >= 0.3 is 0 Å². The van der Waals surface area contributed by atoms with Crippen molar-refractivity contribution < 1.29 is 4.79 Å². The third-order valence-corrected chi connectivity index (χ3v) is 6.03. The summed E-state index contributed by atoms with van der Waals surface area (Å²) < 4.78 is 2.93. The third kappa shape index (κ3) is 2.98. The van der Waals surface area contributed by atoms with Crippen LogP contribution in [0, 0.1) is 6.92 Å². The lowest BCUT2D eigenvalue weighted by molar-refractivity contribution is 0.102. The zero-order valence-electron chi connectivity index (χ0n) is 16.5. The number of hydrogen-bond donors (Lipinski definition) is 1. The van der Waals surface area contributed by atoms with E-state index < -0.39 is 0 Å². The van der Waals surface area contributed by atoms with E-state index in [1.807, 2.05) is 31.2 Å². The molecule has 1 amide bonds. The molecule has 0 saturated carbocycles. The fourth-order valence-corrected chi connectivity index (χ4v) is 4.65. The summed E-state index contributed by atoms with van der Waals surface area (Å²) in [5.41, 5.74) is 4.90. The first kappa shape index (κ1) is 18.9. The van der Waals surface area contributed by atoms with E-state index in [1.165, 1.54) is 0 Å². The van der Waals surface area contributed by atoms with Gasteiger partial charge in [0.15, 0.2) is 0 Å². The largest absolute Gasteiger partial charge is 0.343 e. The fraction of sp³-hybridized carbons (Fsp3) is 0.304. The predicted octanol–water partition coefficient (Wildman–Crippen LogP) is 5.57. The van der Waals surface area contributed by atoms with E-state index >= 15 is 0 Å². The van der Waals surface area contributed by atoms with Gasteiger partial charge in [0.1, 0.15) is 5.56 Å². The second-order valence-electron chi connectivity index (χ2n) is 7.94. The van der Waals surface area contributed by atoms with Crippen molar-refractivity contribution in [2.75, 3.05) is 5.32 Å². The molecule has 2 heterocycles. The monoisotopic (exact) mass is 438 g/mol. The number of carbonyl (C=O) groups excluding carboxylic acids is 1. The molecule has 3 aromatic rings. The Morgan fingerprint density at radius 1 is 1.29 bits per heavy atom. The molecule has 0 radical (unpaired) electrons. The van der Waals surface area contributed by atoms with Crippen LogP contribution in [-0.2, 0) is 6.42 Å². The summed E-state index contributed by atoms with van der Waals surface area (Å²) in [4.78, 5) is 26.3. The second-order valence-corrected chi connectivity index (χ2v) is 8.86. The highest BCUT2D eigenvalue weighted by atomic mass is 79.9. The summed E-state index contributed by atoms with van der Waals surface area (Å²) in [6.07, 6.45) is 2.58.